The number of amides is 1. The Balaban J connectivity index is 2.37. The molecule has 16 heavy (non-hydrogen) atoms. The molecule has 1 atom stereocenters. The van der Waals surface area contributed by atoms with Gasteiger partial charge in [-0.05, 0) is 18.6 Å². The second-order valence-electron chi connectivity index (χ2n) is 3.92. The number of carbonyl (C=O) groups is 2. The van der Waals surface area contributed by atoms with Crippen LogP contribution < -0.4 is 5.73 Å². The highest BCUT2D eigenvalue weighted by molar-refractivity contribution is 6.01. The molecule has 4 heteroatoms. The molecule has 0 bridgehead atoms. The van der Waals surface area contributed by atoms with Crippen LogP contribution in [0.2, 0.25) is 0 Å². The maximum atomic E-state index is 12.0. The molecule has 1 aliphatic heterocycles. The maximum absolute atomic E-state index is 12.0. The van der Waals surface area contributed by atoms with Crippen molar-refractivity contribution in [1.82, 2.24) is 4.90 Å². The lowest BCUT2D eigenvalue weighted by Gasteiger charge is -2.21. The van der Waals surface area contributed by atoms with Crippen LogP contribution in [0, 0.1) is 0 Å². The Morgan fingerprint density at radius 3 is 2.88 bits per heavy atom. The molecular weight excluding hydrogens is 204 g/mol. The summed E-state index contributed by atoms with van der Waals surface area (Å²) in [5.41, 5.74) is 7.90. The first-order valence-electron chi connectivity index (χ1n) is 5.32. The topological polar surface area (TPSA) is 63.4 Å². The Labute approximate surface area is 94.0 Å². The Kier molecular flexibility index (Phi) is 2.64. The molecule has 0 radical (unpaired) electrons. The number of anilines is 1. The van der Waals surface area contributed by atoms with Gasteiger partial charge in [-0.2, -0.15) is 0 Å². The number of nitrogens with two attached hydrogens (primary N) is 1. The van der Waals surface area contributed by atoms with Crippen LogP contribution in [0.1, 0.15) is 29.3 Å². The van der Waals surface area contributed by atoms with E-state index in [1.165, 1.54) is 0 Å². The molecule has 1 aromatic rings. The maximum Gasteiger partial charge on any atom is 0.255 e. The van der Waals surface area contributed by atoms with Crippen LogP contribution in [-0.2, 0) is 11.3 Å². The van der Waals surface area contributed by atoms with Crippen LogP contribution in [0.5, 0.6) is 0 Å². The molecule has 1 aliphatic rings. The van der Waals surface area contributed by atoms with E-state index in [0.717, 1.165) is 11.8 Å². The molecule has 0 fully saturated rings. The minimum absolute atomic E-state index is 0.0961. The normalized spacial score (nSPS) is 16.1. The van der Waals surface area contributed by atoms with E-state index < -0.39 is 0 Å². The van der Waals surface area contributed by atoms with Gasteiger partial charge in [-0.15, -0.1) is 0 Å². The minimum atomic E-state index is -0.348. The van der Waals surface area contributed by atoms with Crippen molar-refractivity contribution in [3.05, 3.63) is 29.3 Å². The lowest BCUT2D eigenvalue weighted by molar-refractivity contribution is -0.111. The van der Waals surface area contributed by atoms with Gasteiger partial charge in [0.1, 0.15) is 6.29 Å². The van der Waals surface area contributed by atoms with E-state index in [2.05, 4.69) is 0 Å². The quantitative estimate of drug-likeness (QED) is 0.612. The standard InChI is InChI=1S/C12H14N2O2/c1-2-8(7-15)14-6-10-9(12(14)16)4-3-5-11(10)13/h3-5,7-8H,2,6,13H2,1H3/t8-/m0/s1. The molecule has 4 nitrogen and oxygen atoms in total. The largest absolute Gasteiger partial charge is 0.398 e. The monoisotopic (exact) mass is 218 g/mol. The average Bonchev–Trinajstić information content (AvgIpc) is 2.61. The van der Waals surface area contributed by atoms with Crippen LogP contribution in [-0.4, -0.2) is 23.1 Å². The predicted octanol–water partition coefficient (Wildman–Crippen LogP) is 1.20. The van der Waals surface area contributed by atoms with Crippen molar-refractivity contribution in [3.63, 3.8) is 0 Å². The van der Waals surface area contributed by atoms with Crippen LogP contribution in [0.4, 0.5) is 5.69 Å². The number of fused-ring (bicyclic) bond motifs is 1. The first-order chi connectivity index (χ1) is 7.69. The summed E-state index contributed by atoms with van der Waals surface area (Å²) in [5.74, 6) is -0.0961. The number of carbonyl (C=O) groups excluding carboxylic acids is 2. The van der Waals surface area contributed by atoms with Gasteiger partial charge in [0.05, 0.1) is 6.04 Å². The smallest absolute Gasteiger partial charge is 0.255 e. The summed E-state index contributed by atoms with van der Waals surface area (Å²) < 4.78 is 0. The van der Waals surface area contributed by atoms with E-state index in [9.17, 15) is 9.59 Å². The van der Waals surface area contributed by atoms with Gasteiger partial charge in [-0.25, -0.2) is 0 Å². The number of hydrogen-bond acceptors (Lipinski definition) is 3. The Morgan fingerprint density at radius 2 is 2.31 bits per heavy atom. The molecule has 0 spiro atoms. The van der Waals surface area contributed by atoms with E-state index >= 15 is 0 Å². The van der Waals surface area contributed by atoms with Crippen molar-refractivity contribution in [3.8, 4) is 0 Å². The minimum Gasteiger partial charge on any atom is -0.398 e. The molecule has 0 aliphatic carbocycles. The second kappa shape index (κ2) is 3.96. The highest BCUT2D eigenvalue weighted by Crippen LogP contribution is 2.28. The predicted molar refractivity (Wildman–Crippen MR) is 60.9 cm³/mol. The number of benzene rings is 1. The summed E-state index contributed by atoms with van der Waals surface area (Å²) in [4.78, 5) is 24.5. The van der Waals surface area contributed by atoms with Gasteiger partial charge in [0.25, 0.3) is 5.91 Å². The van der Waals surface area contributed by atoms with Crippen molar-refractivity contribution in [2.24, 2.45) is 0 Å². The number of hydrogen-bond donors (Lipinski definition) is 1. The highest BCUT2D eigenvalue weighted by Gasteiger charge is 2.32. The molecule has 0 unspecified atom stereocenters. The lowest BCUT2D eigenvalue weighted by Crippen LogP contribution is -2.36. The fourth-order valence-electron chi connectivity index (χ4n) is 2.04. The van der Waals surface area contributed by atoms with Gasteiger partial charge in [0.15, 0.2) is 0 Å². The van der Waals surface area contributed by atoms with E-state index in [4.69, 9.17) is 5.73 Å². The summed E-state index contributed by atoms with van der Waals surface area (Å²) in [6.07, 6.45) is 1.45. The van der Waals surface area contributed by atoms with Gasteiger partial charge in [0.2, 0.25) is 0 Å². The highest BCUT2D eigenvalue weighted by atomic mass is 16.2. The summed E-state index contributed by atoms with van der Waals surface area (Å²) in [5, 5.41) is 0. The summed E-state index contributed by atoms with van der Waals surface area (Å²) in [7, 11) is 0. The van der Waals surface area contributed by atoms with Gasteiger partial charge in [-0.1, -0.05) is 13.0 Å². The third-order valence-electron chi connectivity index (χ3n) is 3.01. The van der Waals surface area contributed by atoms with Crippen molar-refractivity contribution in [2.75, 3.05) is 5.73 Å². The van der Waals surface area contributed by atoms with Crippen molar-refractivity contribution in [1.29, 1.82) is 0 Å². The third kappa shape index (κ3) is 1.46. The molecule has 0 saturated heterocycles. The van der Waals surface area contributed by atoms with Crippen LogP contribution in [0.25, 0.3) is 0 Å². The average molecular weight is 218 g/mol. The van der Waals surface area contributed by atoms with Gasteiger partial charge in [0, 0.05) is 23.4 Å². The molecule has 84 valence electrons. The molecule has 0 saturated carbocycles. The Bertz CT molecular complexity index is 443. The molecule has 0 aromatic heterocycles. The summed E-state index contributed by atoms with van der Waals surface area (Å²) >= 11 is 0. The number of nitrogen functional groups attached to an aromatic ring is 1. The van der Waals surface area contributed by atoms with E-state index in [0.29, 0.717) is 24.2 Å². The fourth-order valence-corrected chi connectivity index (χ4v) is 2.04. The van der Waals surface area contributed by atoms with Crippen LogP contribution in [0.15, 0.2) is 18.2 Å². The lowest BCUT2D eigenvalue weighted by atomic mass is 10.1. The van der Waals surface area contributed by atoms with E-state index in [-0.39, 0.29) is 11.9 Å². The number of aldehydes is 1. The molecular formula is C12H14N2O2. The van der Waals surface area contributed by atoms with Crippen LogP contribution in [0.3, 0.4) is 0 Å². The molecule has 2 N–H and O–H groups in total. The molecule has 1 aromatic carbocycles. The summed E-state index contributed by atoms with van der Waals surface area (Å²) in [6, 6.07) is 4.94. The van der Waals surface area contributed by atoms with Crippen molar-refractivity contribution >= 4 is 17.9 Å². The molecule has 2 rings (SSSR count). The fraction of sp³-hybridized carbons (Fsp3) is 0.333. The van der Waals surface area contributed by atoms with Gasteiger partial charge < -0.3 is 15.4 Å². The number of nitrogens with zero attached hydrogens (tertiary/aromatic N) is 1. The zero-order chi connectivity index (χ0) is 11.7. The van der Waals surface area contributed by atoms with Crippen molar-refractivity contribution in [2.45, 2.75) is 25.9 Å². The van der Waals surface area contributed by atoms with Crippen molar-refractivity contribution < 1.29 is 9.59 Å². The molecule has 1 amide bonds. The first-order valence-corrected chi connectivity index (χ1v) is 5.32. The van der Waals surface area contributed by atoms with E-state index in [1.54, 1.807) is 23.1 Å². The first kappa shape index (κ1) is 10.7. The summed E-state index contributed by atoms with van der Waals surface area (Å²) in [6.45, 7) is 2.33. The molecule has 1 heterocycles. The number of rotatable bonds is 3. The van der Waals surface area contributed by atoms with Gasteiger partial charge in [-0.3, -0.25) is 4.79 Å². The second-order valence-corrected chi connectivity index (χ2v) is 3.92. The zero-order valence-electron chi connectivity index (χ0n) is 9.14. The Hall–Kier alpha value is -1.84. The SMILES string of the molecule is CC[C@@H](C=O)N1Cc2c(N)cccc2C1=O. The van der Waals surface area contributed by atoms with Gasteiger partial charge >= 0.3 is 0 Å². The van der Waals surface area contributed by atoms with E-state index in [1.807, 2.05) is 6.92 Å². The zero-order valence-corrected chi connectivity index (χ0v) is 9.14. The third-order valence-corrected chi connectivity index (χ3v) is 3.01. The Morgan fingerprint density at radius 1 is 1.56 bits per heavy atom. The van der Waals surface area contributed by atoms with Crippen LogP contribution >= 0.6 is 0 Å².